The molecule has 14 heteroatoms. The highest BCUT2D eigenvalue weighted by Crippen LogP contribution is 2.08. The number of nitrogens with one attached hydrogen (secondary N) is 1. The van der Waals surface area contributed by atoms with Gasteiger partial charge >= 0.3 is 12.1 Å². The van der Waals surface area contributed by atoms with Crippen LogP contribution in [0, 0.1) is 0 Å². The highest BCUT2D eigenvalue weighted by molar-refractivity contribution is 5.69. The lowest BCUT2D eigenvalue weighted by Gasteiger charge is -2.09. The van der Waals surface area contributed by atoms with E-state index in [1.165, 1.54) is 32.1 Å². The van der Waals surface area contributed by atoms with E-state index in [0.29, 0.717) is 132 Å². The van der Waals surface area contributed by atoms with Crippen LogP contribution in [0.2, 0.25) is 0 Å². The first-order valence-electron chi connectivity index (χ1n) is 19.0. The Morgan fingerprint density at radius 2 is 0.846 bits per heavy atom. The van der Waals surface area contributed by atoms with Gasteiger partial charge in [0.1, 0.15) is 13.2 Å². The van der Waals surface area contributed by atoms with Gasteiger partial charge in [0.15, 0.2) is 0 Å². The molecular weight excluding hydrogens is 678 g/mol. The van der Waals surface area contributed by atoms with Crippen LogP contribution < -0.4 is 5.32 Å². The number of esters is 1. The quantitative estimate of drug-likeness (QED) is 0.0729. The number of hydrogen-bond donors (Lipinski definition) is 1. The molecule has 0 heterocycles. The van der Waals surface area contributed by atoms with Crippen LogP contribution in [0.25, 0.3) is 0 Å². The van der Waals surface area contributed by atoms with E-state index in [1.807, 2.05) is 30.3 Å². The summed E-state index contributed by atoms with van der Waals surface area (Å²) in [4.78, 5) is 23.4. The molecule has 0 saturated heterocycles. The first-order valence-corrected chi connectivity index (χ1v) is 19.0. The normalized spacial score (nSPS) is 11.2. The highest BCUT2D eigenvalue weighted by Gasteiger charge is 2.04. The number of carbonyl (C=O) groups excluding carboxylic acids is 2. The Labute approximate surface area is 311 Å². The number of rotatable bonds is 40. The first kappa shape index (κ1) is 47.6. The summed E-state index contributed by atoms with van der Waals surface area (Å²) in [6.45, 7) is 11.4. The van der Waals surface area contributed by atoms with Crippen molar-refractivity contribution in [3.05, 3.63) is 35.9 Å². The van der Waals surface area contributed by atoms with Crippen molar-refractivity contribution in [2.75, 3.05) is 132 Å². The zero-order valence-corrected chi connectivity index (χ0v) is 31.7. The van der Waals surface area contributed by atoms with Crippen LogP contribution in [0.4, 0.5) is 4.79 Å². The van der Waals surface area contributed by atoms with Crippen molar-refractivity contribution in [1.29, 1.82) is 0 Å². The maximum Gasteiger partial charge on any atom is 0.407 e. The Hall–Kier alpha value is -2.40. The number of amides is 1. The lowest BCUT2D eigenvalue weighted by Crippen LogP contribution is -2.28. The predicted molar refractivity (Wildman–Crippen MR) is 196 cm³/mol. The van der Waals surface area contributed by atoms with E-state index >= 15 is 0 Å². The molecule has 302 valence electrons. The molecule has 0 fully saturated rings. The van der Waals surface area contributed by atoms with E-state index < -0.39 is 6.09 Å². The van der Waals surface area contributed by atoms with Crippen molar-refractivity contribution in [3.63, 3.8) is 0 Å². The molecule has 0 saturated carbocycles. The van der Waals surface area contributed by atoms with E-state index in [0.717, 1.165) is 18.4 Å². The molecule has 0 aliphatic carbocycles. The number of benzene rings is 1. The SMILES string of the molecule is CCCCCCCCCC(=O)OCCOCCOCCOCCOCCOCCOCCOCCOCCOCCNC(=O)OCc1ccccc1. The van der Waals surface area contributed by atoms with Crippen LogP contribution in [0.1, 0.15) is 63.9 Å². The van der Waals surface area contributed by atoms with Crippen molar-refractivity contribution in [3.8, 4) is 0 Å². The Morgan fingerprint density at radius 1 is 0.462 bits per heavy atom. The van der Waals surface area contributed by atoms with Gasteiger partial charge in [0.2, 0.25) is 0 Å². The third kappa shape index (κ3) is 36.0. The molecule has 1 N–H and O–H groups in total. The summed E-state index contributed by atoms with van der Waals surface area (Å²) in [6.07, 6.45) is 8.30. The minimum absolute atomic E-state index is 0.145. The molecule has 0 unspecified atom stereocenters. The second-order valence-corrected chi connectivity index (χ2v) is 11.6. The highest BCUT2D eigenvalue weighted by atomic mass is 16.6. The van der Waals surface area contributed by atoms with Crippen LogP contribution >= 0.6 is 0 Å². The average molecular weight is 746 g/mol. The van der Waals surface area contributed by atoms with Gasteiger partial charge in [-0.1, -0.05) is 75.8 Å². The summed E-state index contributed by atoms with van der Waals surface area (Å²) in [5, 5.41) is 2.64. The number of carbonyl (C=O) groups is 2. The second kappa shape index (κ2) is 39.8. The van der Waals surface area contributed by atoms with Gasteiger partial charge < -0.3 is 57.4 Å². The summed E-state index contributed by atoms with van der Waals surface area (Å²) < 4.78 is 59.5. The minimum atomic E-state index is -0.471. The van der Waals surface area contributed by atoms with Crippen molar-refractivity contribution in [1.82, 2.24) is 5.32 Å². The van der Waals surface area contributed by atoms with Crippen molar-refractivity contribution in [2.45, 2.75) is 64.9 Å². The maximum atomic E-state index is 11.7. The van der Waals surface area contributed by atoms with Gasteiger partial charge in [0.25, 0.3) is 0 Å². The largest absolute Gasteiger partial charge is 0.463 e. The van der Waals surface area contributed by atoms with Crippen LogP contribution in [0.5, 0.6) is 0 Å². The fourth-order valence-electron chi connectivity index (χ4n) is 4.37. The zero-order valence-electron chi connectivity index (χ0n) is 31.7. The summed E-state index contributed by atoms with van der Waals surface area (Å²) in [5.74, 6) is -0.145. The van der Waals surface area contributed by atoms with E-state index in [1.54, 1.807) is 0 Å². The second-order valence-electron chi connectivity index (χ2n) is 11.6. The number of ether oxygens (including phenoxy) is 11. The molecule has 0 aliphatic rings. The van der Waals surface area contributed by atoms with Crippen LogP contribution in [0.3, 0.4) is 0 Å². The van der Waals surface area contributed by atoms with Crippen molar-refractivity contribution in [2.24, 2.45) is 0 Å². The molecule has 0 bridgehead atoms. The van der Waals surface area contributed by atoms with Gasteiger partial charge in [-0.2, -0.15) is 0 Å². The molecule has 0 aromatic heterocycles. The summed E-state index contributed by atoms with van der Waals surface area (Å²) in [6, 6.07) is 9.50. The molecule has 0 aliphatic heterocycles. The molecule has 1 aromatic rings. The third-order valence-corrected chi connectivity index (χ3v) is 7.18. The smallest absolute Gasteiger partial charge is 0.407 e. The monoisotopic (exact) mass is 745 g/mol. The van der Waals surface area contributed by atoms with Gasteiger partial charge in [-0.25, -0.2) is 4.79 Å². The molecule has 1 amide bonds. The molecule has 52 heavy (non-hydrogen) atoms. The van der Waals surface area contributed by atoms with E-state index in [2.05, 4.69) is 12.2 Å². The Bertz CT molecular complexity index is 897. The van der Waals surface area contributed by atoms with Gasteiger partial charge in [-0.3, -0.25) is 4.79 Å². The summed E-state index contributed by atoms with van der Waals surface area (Å²) in [5.41, 5.74) is 0.936. The van der Waals surface area contributed by atoms with Gasteiger partial charge in [-0.05, 0) is 12.0 Å². The van der Waals surface area contributed by atoms with Crippen molar-refractivity contribution >= 4 is 12.1 Å². The van der Waals surface area contributed by atoms with Gasteiger partial charge in [0.05, 0.1) is 119 Å². The fourth-order valence-corrected chi connectivity index (χ4v) is 4.37. The fraction of sp³-hybridized carbons (Fsp3) is 0.789. The molecule has 14 nitrogen and oxygen atoms in total. The molecule has 0 spiro atoms. The number of unbranched alkanes of at least 4 members (excludes halogenated alkanes) is 6. The molecule has 0 radical (unpaired) electrons. The predicted octanol–water partition coefficient (Wildman–Crippen LogP) is 4.75. The minimum Gasteiger partial charge on any atom is -0.463 e. The summed E-state index contributed by atoms with van der Waals surface area (Å²) >= 11 is 0. The molecular formula is C38H67NO13. The van der Waals surface area contributed by atoms with E-state index in [9.17, 15) is 9.59 Å². The molecule has 0 atom stereocenters. The third-order valence-electron chi connectivity index (χ3n) is 7.18. The van der Waals surface area contributed by atoms with Crippen LogP contribution in [-0.4, -0.2) is 144 Å². The number of hydrogen-bond acceptors (Lipinski definition) is 13. The zero-order chi connectivity index (χ0) is 37.3. The Kier molecular flexibility index (Phi) is 36.4. The molecule has 1 aromatic carbocycles. The standard InChI is InChI=1S/C38H67NO13/c1-2-3-4-5-6-7-11-14-37(40)51-34-33-50-32-31-49-30-29-48-28-27-47-26-25-46-24-23-45-22-21-44-20-19-43-18-17-42-16-15-39-38(41)52-35-36-12-9-8-10-13-36/h8-10,12-13H,2-7,11,14-35H2,1H3,(H,39,41). The topological polar surface area (TPSA) is 148 Å². The van der Waals surface area contributed by atoms with Crippen LogP contribution in [0.15, 0.2) is 30.3 Å². The van der Waals surface area contributed by atoms with Gasteiger partial charge in [0, 0.05) is 13.0 Å². The molecule has 1 rings (SSSR count). The van der Waals surface area contributed by atoms with Crippen LogP contribution in [-0.2, 0) is 63.5 Å². The van der Waals surface area contributed by atoms with E-state index in [-0.39, 0.29) is 19.2 Å². The van der Waals surface area contributed by atoms with Crippen molar-refractivity contribution < 1.29 is 61.7 Å². The lowest BCUT2D eigenvalue weighted by atomic mass is 10.1. The average Bonchev–Trinajstić information content (AvgIpc) is 3.16. The lowest BCUT2D eigenvalue weighted by molar-refractivity contribution is -0.145. The number of alkyl carbamates (subject to hydrolysis) is 1. The first-order chi connectivity index (χ1) is 25.7. The maximum absolute atomic E-state index is 11.7. The summed E-state index contributed by atoms with van der Waals surface area (Å²) in [7, 11) is 0. The van der Waals surface area contributed by atoms with Gasteiger partial charge in [-0.15, -0.1) is 0 Å². The Morgan fingerprint density at radius 3 is 1.29 bits per heavy atom. The van der Waals surface area contributed by atoms with E-state index in [4.69, 9.17) is 52.1 Å². The Balaban J connectivity index is 1.65.